The lowest BCUT2D eigenvalue weighted by Crippen LogP contribution is -2.60. The van der Waals surface area contributed by atoms with Gasteiger partial charge in [0.15, 0.2) is 0 Å². The molecule has 4 rings (SSSR count). The van der Waals surface area contributed by atoms with Gasteiger partial charge in [0.05, 0.1) is 0 Å². The van der Waals surface area contributed by atoms with Crippen molar-refractivity contribution in [2.45, 2.75) is 71.3 Å². The Morgan fingerprint density at radius 2 is 1.74 bits per heavy atom. The maximum Gasteiger partial charge on any atom is 0.0462 e. The molecule has 0 amide bonds. The van der Waals surface area contributed by atoms with Crippen LogP contribution in [0.5, 0.6) is 0 Å². The van der Waals surface area contributed by atoms with E-state index in [9.17, 15) is 0 Å². The van der Waals surface area contributed by atoms with E-state index in [1.807, 2.05) is 0 Å². The van der Waals surface area contributed by atoms with Crippen LogP contribution in [0.1, 0.15) is 65.2 Å². The lowest BCUT2D eigenvalue weighted by Gasteiger charge is -2.67. The molecule has 19 heavy (non-hydrogen) atoms. The molecule has 0 aromatic heterocycles. The highest BCUT2D eigenvalue weighted by molar-refractivity contribution is 5.12. The third-order valence-electron chi connectivity index (χ3n) is 6.32. The zero-order valence-electron chi connectivity index (χ0n) is 13.0. The van der Waals surface area contributed by atoms with Crippen LogP contribution in [0.3, 0.4) is 0 Å². The van der Waals surface area contributed by atoms with E-state index in [1.54, 1.807) is 7.11 Å². The lowest BCUT2D eigenvalue weighted by atomic mass is 9.39. The van der Waals surface area contributed by atoms with Gasteiger partial charge in [-0.15, -0.1) is 0 Å². The van der Waals surface area contributed by atoms with Gasteiger partial charge in [-0.1, -0.05) is 13.8 Å². The fourth-order valence-electron chi connectivity index (χ4n) is 6.70. The van der Waals surface area contributed by atoms with Gasteiger partial charge in [-0.3, -0.25) is 0 Å². The Hall–Kier alpha value is -0.0800. The van der Waals surface area contributed by atoms with E-state index in [2.05, 4.69) is 13.8 Å². The van der Waals surface area contributed by atoms with Gasteiger partial charge in [-0.25, -0.2) is 0 Å². The van der Waals surface area contributed by atoms with Crippen LogP contribution in [0.2, 0.25) is 0 Å². The van der Waals surface area contributed by atoms with E-state index < -0.39 is 0 Å². The van der Waals surface area contributed by atoms with E-state index in [0.29, 0.717) is 22.3 Å². The second-order valence-corrected chi connectivity index (χ2v) is 8.73. The molecule has 2 heteroatoms. The first-order chi connectivity index (χ1) is 8.89. The summed E-state index contributed by atoms with van der Waals surface area (Å²) in [5, 5.41) is 0. The van der Waals surface area contributed by atoms with E-state index in [0.717, 1.165) is 25.4 Å². The molecule has 0 aromatic carbocycles. The molecule has 0 radical (unpaired) electrons. The van der Waals surface area contributed by atoms with Crippen LogP contribution in [0, 0.1) is 22.2 Å². The second-order valence-electron chi connectivity index (χ2n) is 8.73. The molecule has 4 aliphatic carbocycles. The molecule has 3 atom stereocenters. The molecule has 0 aliphatic heterocycles. The summed E-state index contributed by atoms with van der Waals surface area (Å²) in [5.74, 6) is 0.958. The molecule has 4 aliphatic rings. The molecule has 110 valence electrons. The number of ether oxygens (including phenoxy) is 1. The summed E-state index contributed by atoms with van der Waals surface area (Å²) in [7, 11) is 1.79. The first-order valence-corrected chi connectivity index (χ1v) is 8.13. The summed E-state index contributed by atoms with van der Waals surface area (Å²) in [4.78, 5) is 0. The van der Waals surface area contributed by atoms with Crippen LogP contribution < -0.4 is 5.73 Å². The maximum atomic E-state index is 6.68. The first kappa shape index (κ1) is 13.9. The topological polar surface area (TPSA) is 35.2 Å². The molecule has 0 aromatic rings. The smallest absolute Gasteiger partial charge is 0.0462 e. The molecule has 2 nitrogen and oxygen atoms in total. The SMILES string of the molecule is COCCCC(N)C12CC3CC(C)(CC(C)(C3)C1)C2. The Kier molecular flexibility index (Phi) is 3.26. The molecular weight excluding hydrogens is 234 g/mol. The second kappa shape index (κ2) is 4.46. The van der Waals surface area contributed by atoms with E-state index in [1.165, 1.54) is 38.5 Å². The highest BCUT2D eigenvalue weighted by Gasteiger charge is 2.61. The van der Waals surface area contributed by atoms with Crippen molar-refractivity contribution >= 4 is 0 Å². The Bertz CT molecular complexity index is 335. The predicted octanol–water partition coefficient (Wildman–Crippen LogP) is 3.74. The highest BCUT2D eigenvalue weighted by Crippen LogP contribution is 2.70. The Balaban J connectivity index is 1.76. The number of methoxy groups -OCH3 is 1. The maximum absolute atomic E-state index is 6.68. The van der Waals surface area contributed by atoms with Crippen LogP contribution in [-0.2, 0) is 4.74 Å². The van der Waals surface area contributed by atoms with Gasteiger partial charge in [-0.2, -0.15) is 0 Å². The van der Waals surface area contributed by atoms with Gasteiger partial charge >= 0.3 is 0 Å². The zero-order chi connectivity index (χ0) is 13.7. The van der Waals surface area contributed by atoms with Crippen molar-refractivity contribution in [3.63, 3.8) is 0 Å². The largest absolute Gasteiger partial charge is 0.385 e. The van der Waals surface area contributed by atoms with Crippen LogP contribution in [-0.4, -0.2) is 19.8 Å². The molecule has 2 N–H and O–H groups in total. The van der Waals surface area contributed by atoms with Gasteiger partial charge in [0.25, 0.3) is 0 Å². The molecule has 4 bridgehead atoms. The van der Waals surface area contributed by atoms with E-state index in [-0.39, 0.29) is 0 Å². The van der Waals surface area contributed by atoms with Crippen molar-refractivity contribution < 1.29 is 4.74 Å². The zero-order valence-corrected chi connectivity index (χ0v) is 13.0. The number of hydrogen-bond donors (Lipinski definition) is 1. The van der Waals surface area contributed by atoms with Crippen molar-refractivity contribution in [1.82, 2.24) is 0 Å². The van der Waals surface area contributed by atoms with Gasteiger partial charge in [0.2, 0.25) is 0 Å². The summed E-state index contributed by atoms with van der Waals surface area (Å²) in [5.41, 5.74) is 8.31. The minimum absolute atomic E-state index is 0.393. The average molecular weight is 265 g/mol. The Morgan fingerprint density at radius 3 is 2.26 bits per heavy atom. The van der Waals surface area contributed by atoms with Crippen LogP contribution >= 0.6 is 0 Å². The summed E-state index contributed by atoms with van der Waals surface area (Å²) >= 11 is 0. The van der Waals surface area contributed by atoms with Gasteiger partial charge in [0.1, 0.15) is 0 Å². The minimum Gasteiger partial charge on any atom is -0.385 e. The van der Waals surface area contributed by atoms with Crippen LogP contribution in [0.15, 0.2) is 0 Å². The predicted molar refractivity (Wildman–Crippen MR) is 78.9 cm³/mol. The number of hydrogen-bond acceptors (Lipinski definition) is 2. The molecule has 4 fully saturated rings. The standard InChI is InChI=1S/C17H31NO/c1-15-7-13-8-16(2,10-15)12-17(9-13,11-15)14(18)5-4-6-19-3/h13-14H,4-12,18H2,1-3H3. The monoisotopic (exact) mass is 265 g/mol. The summed E-state index contributed by atoms with van der Waals surface area (Å²) in [6.45, 7) is 5.93. The van der Waals surface area contributed by atoms with Gasteiger partial charge < -0.3 is 10.5 Å². The molecule has 4 saturated carbocycles. The van der Waals surface area contributed by atoms with Crippen molar-refractivity contribution in [2.24, 2.45) is 27.9 Å². The van der Waals surface area contributed by atoms with E-state index >= 15 is 0 Å². The fourth-order valence-corrected chi connectivity index (χ4v) is 6.70. The van der Waals surface area contributed by atoms with Crippen molar-refractivity contribution in [2.75, 3.05) is 13.7 Å². The number of rotatable bonds is 5. The quantitative estimate of drug-likeness (QED) is 0.769. The fraction of sp³-hybridized carbons (Fsp3) is 1.00. The normalized spacial score (nSPS) is 49.6. The Labute approximate surface area is 118 Å². The van der Waals surface area contributed by atoms with Crippen LogP contribution in [0.25, 0.3) is 0 Å². The molecule has 0 heterocycles. The highest BCUT2D eigenvalue weighted by atomic mass is 16.5. The average Bonchev–Trinajstić information content (AvgIpc) is 2.24. The van der Waals surface area contributed by atoms with Gasteiger partial charge in [0, 0.05) is 19.8 Å². The third-order valence-corrected chi connectivity index (χ3v) is 6.32. The van der Waals surface area contributed by atoms with Crippen molar-refractivity contribution in [3.05, 3.63) is 0 Å². The Morgan fingerprint density at radius 1 is 1.11 bits per heavy atom. The van der Waals surface area contributed by atoms with Gasteiger partial charge in [-0.05, 0) is 73.5 Å². The third kappa shape index (κ3) is 2.35. The van der Waals surface area contributed by atoms with Crippen molar-refractivity contribution in [3.8, 4) is 0 Å². The van der Waals surface area contributed by atoms with Crippen LogP contribution in [0.4, 0.5) is 0 Å². The molecular formula is C17H31NO. The minimum atomic E-state index is 0.393. The van der Waals surface area contributed by atoms with E-state index in [4.69, 9.17) is 10.5 Å². The summed E-state index contributed by atoms with van der Waals surface area (Å²) in [6, 6.07) is 0.393. The lowest BCUT2D eigenvalue weighted by molar-refractivity contribution is -0.154. The summed E-state index contributed by atoms with van der Waals surface area (Å²) in [6.07, 6.45) is 10.8. The molecule has 0 saturated heterocycles. The first-order valence-electron chi connectivity index (χ1n) is 8.13. The molecule has 0 spiro atoms. The van der Waals surface area contributed by atoms with Crippen molar-refractivity contribution in [1.29, 1.82) is 0 Å². The molecule has 3 unspecified atom stereocenters. The number of nitrogens with two attached hydrogens (primary N) is 1. The summed E-state index contributed by atoms with van der Waals surface area (Å²) < 4.78 is 5.20.